The fourth-order valence-corrected chi connectivity index (χ4v) is 3.07. The number of nitrogens with zero attached hydrogens (tertiary/aromatic N) is 2. The quantitative estimate of drug-likeness (QED) is 0.705. The Bertz CT molecular complexity index is 653. The Morgan fingerprint density at radius 3 is 2.53 bits per heavy atom. The Hall–Kier alpha value is -2.32. The van der Waals surface area contributed by atoms with Crippen LogP contribution >= 0.6 is 0 Å². The van der Waals surface area contributed by atoms with E-state index in [0.29, 0.717) is 0 Å². The molecule has 92 valence electrons. The summed E-state index contributed by atoms with van der Waals surface area (Å²) in [7, 11) is 0. The molecule has 0 aromatic heterocycles. The Labute approximate surface area is 113 Å². The largest absolute Gasteiger partial charge is 0.198 e. The third-order valence-corrected chi connectivity index (χ3v) is 4.10. The maximum absolute atomic E-state index is 9.37. The fraction of sp³-hybridized carbons (Fsp3) is 0.294. The van der Waals surface area contributed by atoms with E-state index in [1.54, 1.807) is 0 Å². The van der Waals surface area contributed by atoms with Gasteiger partial charge in [0, 0.05) is 0 Å². The summed E-state index contributed by atoms with van der Waals surface area (Å²) in [5.74, 6) is -0.552. The molecule has 0 fully saturated rings. The second kappa shape index (κ2) is 4.75. The molecule has 1 aromatic carbocycles. The van der Waals surface area contributed by atoms with Gasteiger partial charge in [-0.15, -0.1) is 0 Å². The van der Waals surface area contributed by atoms with Gasteiger partial charge >= 0.3 is 0 Å². The van der Waals surface area contributed by atoms with Gasteiger partial charge in [-0.2, -0.15) is 10.5 Å². The van der Waals surface area contributed by atoms with Gasteiger partial charge < -0.3 is 0 Å². The summed E-state index contributed by atoms with van der Waals surface area (Å²) in [6.45, 7) is 0. The number of rotatable bonds is 0. The second-order valence-electron chi connectivity index (χ2n) is 5.12. The molecule has 0 radical (unpaired) electrons. The standard InChI is InChI=1S/C17H14N2/c18-10-15-6-5-14-9-13-4-2-1-3-12(13)7-8-16(14)17(15)11-19/h1-6,15,17H,7-9H2. The highest BCUT2D eigenvalue weighted by Crippen LogP contribution is 2.36. The zero-order chi connectivity index (χ0) is 13.2. The normalized spacial score (nSPS) is 24.7. The van der Waals surface area contributed by atoms with Gasteiger partial charge in [-0.1, -0.05) is 36.4 Å². The third-order valence-electron chi connectivity index (χ3n) is 4.10. The van der Waals surface area contributed by atoms with Crippen molar-refractivity contribution in [3.05, 3.63) is 58.7 Å². The molecule has 0 saturated heterocycles. The van der Waals surface area contributed by atoms with E-state index >= 15 is 0 Å². The number of aryl methyl sites for hydroxylation is 1. The number of hydrogen-bond acceptors (Lipinski definition) is 2. The van der Waals surface area contributed by atoms with Crippen LogP contribution < -0.4 is 0 Å². The molecule has 0 N–H and O–H groups in total. The lowest BCUT2D eigenvalue weighted by Gasteiger charge is -2.22. The van der Waals surface area contributed by atoms with Gasteiger partial charge in [0.15, 0.2) is 0 Å². The van der Waals surface area contributed by atoms with Gasteiger partial charge in [-0.3, -0.25) is 0 Å². The summed E-state index contributed by atoms with van der Waals surface area (Å²) >= 11 is 0. The summed E-state index contributed by atoms with van der Waals surface area (Å²) < 4.78 is 0. The molecule has 0 bridgehead atoms. The van der Waals surface area contributed by atoms with Crippen molar-refractivity contribution in [1.29, 1.82) is 10.5 Å². The number of benzene rings is 1. The predicted octanol–water partition coefficient (Wildman–Crippen LogP) is 3.32. The van der Waals surface area contributed by atoms with Crippen molar-refractivity contribution < 1.29 is 0 Å². The van der Waals surface area contributed by atoms with Crippen LogP contribution in [0.1, 0.15) is 17.5 Å². The molecule has 19 heavy (non-hydrogen) atoms. The minimum absolute atomic E-state index is 0.265. The van der Waals surface area contributed by atoms with Gasteiger partial charge in [0.1, 0.15) is 0 Å². The van der Waals surface area contributed by atoms with E-state index in [4.69, 9.17) is 5.26 Å². The molecule has 0 saturated carbocycles. The van der Waals surface area contributed by atoms with Crippen molar-refractivity contribution in [3.8, 4) is 12.1 Å². The molecule has 0 spiro atoms. The zero-order valence-electron chi connectivity index (χ0n) is 10.6. The van der Waals surface area contributed by atoms with E-state index in [1.807, 2.05) is 6.08 Å². The van der Waals surface area contributed by atoms with Crippen molar-refractivity contribution in [2.45, 2.75) is 19.3 Å². The van der Waals surface area contributed by atoms with E-state index in [1.165, 1.54) is 22.3 Å². The topological polar surface area (TPSA) is 47.6 Å². The van der Waals surface area contributed by atoms with Crippen molar-refractivity contribution in [2.75, 3.05) is 0 Å². The Morgan fingerprint density at radius 2 is 1.79 bits per heavy atom. The first-order valence-corrected chi connectivity index (χ1v) is 6.59. The number of allylic oxidation sites excluding steroid dienone is 4. The maximum atomic E-state index is 9.37. The van der Waals surface area contributed by atoms with Gasteiger partial charge in [0.25, 0.3) is 0 Å². The molecule has 3 rings (SSSR count). The molecular formula is C17H14N2. The fourth-order valence-electron chi connectivity index (χ4n) is 3.07. The van der Waals surface area contributed by atoms with Crippen LogP contribution in [0.2, 0.25) is 0 Å². The van der Waals surface area contributed by atoms with Crippen molar-refractivity contribution in [3.63, 3.8) is 0 Å². The molecule has 0 heterocycles. The summed E-state index contributed by atoms with van der Waals surface area (Å²) in [5.41, 5.74) is 5.13. The number of fused-ring (bicyclic) bond motifs is 1. The molecular weight excluding hydrogens is 232 g/mol. The minimum Gasteiger partial charge on any atom is -0.198 e. The molecule has 0 aliphatic heterocycles. The van der Waals surface area contributed by atoms with Gasteiger partial charge in [-0.05, 0) is 41.5 Å². The predicted molar refractivity (Wildman–Crippen MR) is 72.8 cm³/mol. The van der Waals surface area contributed by atoms with Crippen molar-refractivity contribution >= 4 is 0 Å². The van der Waals surface area contributed by atoms with E-state index < -0.39 is 0 Å². The van der Waals surface area contributed by atoms with Crippen LogP contribution in [0, 0.1) is 34.5 Å². The summed E-state index contributed by atoms with van der Waals surface area (Å²) in [6, 6.07) is 13.0. The van der Waals surface area contributed by atoms with Gasteiger partial charge in [0.05, 0.1) is 24.0 Å². The van der Waals surface area contributed by atoms with E-state index in [-0.39, 0.29) is 11.8 Å². The van der Waals surface area contributed by atoms with Crippen molar-refractivity contribution in [1.82, 2.24) is 0 Å². The first-order valence-electron chi connectivity index (χ1n) is 6.59. The molecule has 0 amide bonds. The van der Waals surface area contributed by atoms with Gasteiger partial charge in [0.2, 0.25) is 0 Å². The summed E-state index contributed by atoms with van der Waals surface area (Å²) in [5, 5.41) is 18.5. The highest BCUT2D eigenvalue weighted by atomic mass is 14.4. The first-order chi connectivity index (χ1) is 9.33. The maximum Gasteiger partial charge on any atom is 0.0872 e. The Balaban J connectivity index is 2.02. The van der Waals surface area contributed by atoms with E-state index in [0.717, 1.165) is 19.3 Å². The highest BCUT2D eigenvalue weighted by molar-refractivity contribution is 5.45. The van der Waals surface area contributed by atoms with Crippen LogP contribution in [0.5, 0.6) is 0 Å². The van der Waals surface area contributed by atoms with Crippen LogP contribution in [0.3, 0.4) is 0 Å². The van der Waals surface area contributed by atoms with E-state index in [9.17, 15) is 5.26 Å². The highest BCUT2D eigenvalue weighted by Gasteiger charge is 2.29. The average Bonchev–Trinajstić information content (AvgIpc) is 2.65. The lowest BCUT2D eigenvalue weighted by Crippen LogP contribution is -2.17. The summed E-state index contributed by atoms with van der Waals surface area (Å²) in [6.07, 6.45) is 6.70. The SMILES string of the molecule is N#CC1C=CC2=C(CCc3ccccc3C2)C1C#N. The molecule has 2 aliphatic carbocycles. The van der Waals surface area contributed by atoms with Crippen LogP contribution in [0.15, 0.2) is 47.6 Å². The van der Waals surface area contributed by atoms with Crippen LogP contribution in [0.25, 0.3) is 0 Å². The zero-order valence-corrected chi connectivity index (χ0v) is 10.6. The van der Waals surface area contributed by atoms with Crippen molar-refractivity contribution in [2.24, 2.45) is 11.8 Å². The third kappa shape index (κ3) is 1.96. The lowest BCUT2D eigenvalue weighted by molar-refractivity contribution is 0.617. The minimum atomic E-state index is -0.287. The van der Waals surface area contributed by atoms with Crippen LogP contribution in [-0.4, -0.2) is 0 Å². The van der Waals surface area contributed by atoms with E-state index in [2.05, 4.69) is 42.5 Å². The molecule has 2 nitrogen and oxygen atoms in total. The average molecular weight is 246 g/mol. The number of nitriles is 2. The van der Waals surface area contributed by atoms with Crippen LogP contribution in [0.4, 0.5) is 0 Å². The lowest BCUT2D eigenvalue weighted by atomic mass is 9.78. The Morgan fingerprint density at radius 1 is 1.00 bits per heavy atom. The molecule has 2 aliphatic rings. The number of hydrogen-bond donors (Lipinski definition) is 0. The first kappa shape index (κ1) is 11.8. The molecule has 1 aromatic rings. The Kier molecular flexibility index (Phi) is 2.94. The molecule has 2 unspecified atom stereocenters. The molecule has 2 atom stereocenters. The smallest absolute Gasteiger partial charge is 0.0872 e. The second-order valence-corrected chi connectivity index (χ2v) is 5.12. The van der Waals surface area contributed by atoms with Gasteiger partial charge in [-0.25, -0.2) is 0 Å². The summed E-state index contributed by atoms with van der Waals surface area (Å²) in [4.78, 5) is 0. The molecule has 2 heteroatoms. The van der Waals surface area contributed by atoms with Crippen LogP contribution in [-0.2, 0) is 12.8 Å². The monoisotopic (exact) mass is 246 g/mol.